The van der Waals surface area contributed by atoms with Crippen LogP contribution < -0.4 is 11.4 Å². The third-order valence-corrected chi connectivity index (χ3v) is 3.83. The second-order valence-corrected chi connectivity index (χ2v) is 4.78. The highest BCUT2D eigenvalue weighted by Crippen LogP contribution is 2.47. The van der Waals surface area contributed by atoms with E-state index in [-0.39, 0.29) is 12.2 Å². The Hall–Kier alpha value is -1.73. The summed E-state index contributed by atoms with van der Waals surface area (Å²) < 4.78 is 14.4. The lowest BCUT2D eigenvalue weighted by atomic mass is 9.83. The maximum Gasteiger partial charge on any atom is 0.350 e. The molecule has 6 nitrogen and oxygen atoms in total. The number of nitrogens with two attached hydrogens (primary N) is 1. The van der Waals surface area contributed by atoms with Crippen LogP contribution in [0, 0.1) is 5.41 Å². The number of rotatable bonds is 3. The van der Waals surface area contributed by atoms with Crippen LogP contribution in [0.15, 0.2) is 29.2 Å². The Labute approximate surface area is 109 Å². The fourth-order valence-electron chi connectivity index (χ4n) is 2.49. The maximum atomic E-state index is 13.2. The van der Waals surface area contributed by atoms with Crippen LogP contribution in [0.25, 0.3) is 0 Å². The minimum Gasteiger partial charge on any atom is -0.395 e. The molecule has 0 bridgehead atoms. The van der Waals surface area contributed by atoms with Crippen LogP contribution in [-0.2, 0) is 0 Å². The van der Waals surface area contributed by atoms with Crippen LogP contribution >= 0.6 is 0 Å². The first-order valence-corrected chi connectivity index (χ1v) is 5.85. The zero-order chi connectivity index (χ0) is 14.2. The quantitative estimate of drug-likeness (QED) is 0.650. The van der Waals surface area contributed by atoms with Crippen molar-refractivity contribution >= 4 is 5.82 Å². The van der Waals surface area contributed by atoms with E-state index in [9.17, 15) is 19.4 Å². The van der Waals surface area contributed by atoms with Gasteiger partial charge in [0.25, 0.3) is 0 Å². The number of aromatic nitrogens is 2. The summed E-state index contributed by atoms with van der Waals surface area (Å²) in [5.41, 5.74) is 3.69. The van der Waals surface area contributed by atoms with Gasteiger partial charge in [-0.2, -0.15) is 4.98 Å². The molecule has 0 spiro atoms. The monoisotopic (exact) mass is 269 g/mol. The Balaban J connectivity index is 2.44. The highest BCUT2D eigenvalue weighted by molar-refractivity contribution is 5.28. The second-order valence-electron chi connectivity index (χ2n) is 4.78. The fraction of sp³-hybridized carbons (Fsp3) is 0.500. The molecule has 0 unspecified atom stereocenters. The van der Waals surface area contributed by atoms with Gasteiger partial charge in [-0.05, 0) is 18.1 Å². The summed E-state index contributed by atoms with van der Waals surface area (Å²) in [4.78, 5) is 15.3. The van der Waals surface area contributed by atoms with E-state index < -0.39 is 36.5 Å². The van der Waals surface area contributed by atoms with Crippen LogP contribution in [0.2, 0.25) is 0 Å². The van der Waals surface area contributed by atoms with Crippen LogP contribution in [0.1, 0.15) is 12.5 Å². The van der Waals surface area contributed by atoms with Crippen molar-refractivity contribution in [1.82, 2.24) is 9.55 Å². The van der Waals surface area contributed by atoms with E-state index in [1.54, 1.807) is 0 Å². The van der Waals surface area contributed by atoms with Gasteiger partial charge in [0.2, 0.25) is 0 Å². The number of anilines is 1. The van der Waals surface area contributed by atoms with E-state index in [0.29, 0.717) is 5.57 Å². The molecule has 1 fully saturated rings. The van der Waals surface area contributed by atoms with Crippen molar-refractivity contribution in [2.45, 2.75) is 18.6 Å². The van der Waals surface area contributed by atoms with Gasteiger partial charge < -0.3 is 15.9 Å². The number of hydrogen-bond donors (Lipinski definition) is 3. The third-order valence-electron chi connectivity index (χ3n) is 3.83. The Kier molecular flexibility index (Phi) is 3.42. The molecule has 19 heavy (non-hydrogen) atoms. The SMILES string of the molecule is C=C1[C@@H](n2ccc(N)nc2=O)C[C@H](O)[C@]1(CO)CF. The van der Waals surface area contributed by atoms with Crippen molar-refractivity contribution in [3.63, 3.8) is 0 Å². The van der Waals surface area contributed by atoms with Gasteiger partial charge in [-0.15, -0.1) is 0 Å². The van der Waals surface area contributed by atoms with E-state index in [1.165, 1.54) is 16.8 Å². The lowest BCUT2D eigenvalue weighted by Crippen LogP contribution is -2.37. The molecule has 1 aliphatic carbocycles. The number of hydrogen-bond acceptors (Lipinski definition) is 5. The molecule has 1 saturated carbocycles. The Bertz CT molecular complexity index is 553. The molecule has 1 aliphatic rings. The van der Waals surface area contributed by atoms with Gasteiger partial charge in [-0.3, -0.25) is 4.57 Å². The van der Waals surface area contributed by atoms with Crippen molar-refractivity contribution in [3.05, 3.63) is 34.9 Å². The lowest BCUT2D eigenvalue weighted by molar-refractivity contribution is 0.0110. The number of nitrogen functional groups attached to an aromatic ring is 1. The molecule has 2 rings (SSSR count). The standard InChI is InChI=1S/C12H16FN3O3/c1-7-8(4-9(18)12(7,5-13)6-17)16-3-2-10(14)15-11(16)19/h2-3,8-9,17-18H,1,4-6H2,(H2,14,15,19)/t8-,9-,12-/m0/s1. The van der Waals surface area contributed by atoms with E-state index in [2.05, 4.69) is 11.6 Å². The van der Waals surface area contributed by atoms with Crippen LogP contribution in [0.5, 0.6) is 0 Å². The van der Waals surface area contributed by atoms with Crippen molar-refractivity contribution in [3.8, 4) is 0 Å². The molecule has 0 radical (unpaired) electrons. The fourth-order valence-corrected chi connectivity index (χ4v) is 2.49. The molecule has 7 heteroatoms. The number of halogens is 1. The minimum atomic E-state index is -1.41. The van der Waals surface area contributed by atoms with Crippen LogP contribution in [-0.4, -0.2) is 39.1 Å². The summed E-state index contributed by atoms with van der Waals surface area (Å²) >= 11 is 0. The number of nitrogens with zero attached hydrogens (tertiary/aromatic N) is 2. The van der Waals surface area contributed by atoms with Gasteiger partial charge >= 0.3 is 5.69 Å². The summed E-state index contributed by atoms with van der Waals surface area (Å²) in [5, 5.41) is 19.3. The smallest absolute Gasteiger partial charge is 0.350 e. The molecule has 104 valence electrons. The number of alkyl halides is 1. The van der Waals surface area contributed by atoms with Crippen LogP contribution in [0.3, 0.4) is 0 Å². The Morgan fingerprint density at radius 2 is 2.37 bits per heavy atom. The van der Waals surface area contributed by atoms with Crippen molar-refractivity contribution in [2.75, 3.05) is 19.0 Å². The van der Waals surface area contributed by atoms with Gasteiger partial charge in [-0.25, -0.2) is 9.18 Å². The van der Waals surface area contributed by atoms with Gasteiger partial charge in [0, 0.05) is 6.20 Å². The summed E-state index contributed by atoms with van der Waals surface area (Å²) in [6.07, 6.45) is 0.442. The molecular weight excluding hydrogens is 253 g/mol. The highest BCUT2D eigenvalue weighted by Gasteiger charge is 2.50. The zero-order valence-corrected chi connectivity index (χ0v) is 10.3. The molecule has 0 aromatic carbocycles. The average Bonchev–Trinajstić information content (AvgIpc) is 2.62. The molecule has 4 N–H and O–H groups in total. The Morgan fingerprint density at radius 3 is 2.84 bits per heavy atom. The molecule has 1 aromatic heterocycles. The molecule has 3 atom stereocenters. The maximum absolute atomic E-state index is 13.2. The van der Waals surface area contributed by atoms with Crippen molar-refractivity contribution in [2.24, 2.45) is 5.41 Å². The zero-order valence-electron chi connectivity index (χ0n) is 10.3. The van der Waals surface area contributed by atoms with E-state index in [1.807, 2.05) is 0 Å². The highest BCUT2D eigenvalue weighted by atomic mass is 19.1. The van der Waals surface area contributed by atoms with E-state index in [4.69, 9.17) is 5.73 Å². The summed E-state index contributed by atoms with van der Waals surface area (Å²) in [6, 6.07) is 0.841. The minimum absolute atomic E-state index is 0.0873. The molecule has 0 amide bonds. The normalized spacial score (nSPS) is 30.8. The van der Waals surface area contributed by atoms with Crippen LogP contribution in [0.4, 0.5) is 10.2 Å². The summed E-state index contributed by atoms with van der Waals surface area (Å²) in [7, 11) is 0. The lowest BCUT2D eigenvalue weighted by Gasteiger charge is -2.29. The third kappa shape index (κ3) is 1.95. The summed E-state index contributed by atoms with van der Waals surface area (Å²) in [5.74, 6) is 0.0873. The predicted molar refractivity (Wildman–Crippen MR) is 67.2 cm³/mol. The van der Waals surface area contributed by atoms with Gasteiger partial charge in [0.1, 0.15) is 12.5 Å². The molecular formula is C12H16FN3O3. The number of aliphatic hydroxyl groups is 2. The Morgan fingerprint density at radius 1 is 1.68 bits per heavy atom. The molecule has 1 heterocycles. The van der Waals surface area contributed by atoms with Gasteiger partial charge in [-0.1, -0.05) is 6.58 Å². The largest absolute Gasteiger partial charge is 0.395 e. The second kappa shape index (κ2) is 4.75. The first-order chi connectivity index (χ1) is 8.96. The molecule has 0 aliphatic heterocycles. The number of aliphatic hydroxyl groups excluding tert-OH is 2. The van der Waals surface area contributed by atoms with Gasteiger partial charge in [0.15, 0.2) is 0 Å². The summed E-state index contributed by atoms with van der Waals surface area (Å²) in [6.45, 7) is 2.25. The van der Waals surface area contributed by atoms with Crippen molar-refractivity contribution in [1.29, 1.82) is 0 Å². The molecule has 0 saturated heterocycles. The van der Waals surface area contributed by atoms with Gasteiger partial charge in [0.05, 0.1) is 24.2 Å². The van der Waals surface area contributed by atoms with Crippen molar-refractivity contribution < 1.29 is 14.6 Å². The predicted octanol–water partition coefficient (Wildman–Crippen LogP) is -0.364. The first kappa shape index (κ1) is 13.7. The van der Waals surface area contributed by atoms with E-state index >= 15 is 0 Å². The van der Waals surface area contributed by atoms with E-state index in [0.717, 1.165) is 0 Å². The molecule has 1 aromatic rings. The topological polar surface area (TPSA) is 101 Å². The first-order valence-electron chi connectivity index (χ1n) is 5.85. The average molecular weight is 269 g/mol.